The number of hydrogen-bond acceptors (Lipinski definition) is 5. The Hall–Kier alpha value is -3.64. The monoisotopic (exact) mass is 442 g/mol. The van der Waals surface area contributed by atoms with Crippen molar-refractivity contribution >= 4 is 33.4 Å². The number of para-hydroxylation sites is 2. The van der Waals surface area contributed by atoms with Gasteiger partial charge in [-0.15, -0.1) is 0 Å². The molecule has 0 saturated heterocycles. The summed E-state index contributed by atoms with van der Waals surface area (Å²) < 4.78 is 14.0. The van der Waals surface area contributed by atoms with Crippen LogP contribution in [0.3, 0.4) is 0 Å². The van der Waals surface area contributed by atoms with Gasteiger partial charge >= 0.3 is 0 Å². The lowest BCUT2D eigenvalue weighted by Crippen LogP contribution is -2.22. The molecule has 2 aromatic heterocycles. The van der Waals surface area contributed by atoms with E-state index in [2.05, 4.69) is 11.9 Å². The highest BCUT2D eigenvalue weighted by molar-refractivity contribution is 7.15. The van der Waals surface area contributed by atoms with Crippen molar-refractivity contribution in [3.8, 4) is 11.5 Å². The van der Waals surface area contributed by atoms with Gasteiger partial charge in [-0.3, -0.25) is 4.79 Å². The van der Waals surface area contributed by atoms with E-state index in [1.807, 2.05) is 78.9 Å². The number of fused-ring (bicyclic) bond motifs is 3. The topological polar surface area (TPSA) is 52.8 Å². The number of imidazole rings is 1. The van der Waals surface area contributed by atoms with Gasteiger partial charge < -0.3 is 9.47 Å². The number of aryl methyl sites for hydroxylation is 1. The summed E-state index contributed by atoms with van der Waals surface area (Å²) in [5.41, 5.74) is 3.77. The zero-order valence-electron chi connectivity index (χ0n) is 17.7. The van der Waals surface area contributed by atoms with Gasteiger partial charge in [-0.05, 0) is 55.0 Å². The van der Waals surface area contributed by atoms with E-state index < -0.39 is 0 Å². The van der Waals surface area contributed by atoms with Crippen LogP contribution in [-0.2, 0) is 0 Å². The van der Waals surface area contributed by atoms with Crippen molar-refractivity contribution in [3.63, 3.8) is 0 Å². The van der Waals surface area contributed by atoms with Crippen LogP contribution in [0, 0.1) is 6.92 Å². The molecule has 0 amide bonds. The smallest absolute Gasteiger partial charge is 0.274 e. The molecule has 0 N–H and O–H groups in total. The number of benzene rings is 3. The Labute approximate surface area is 189 Å². The van der Waals surface area contributed by atoms with Gasteiger partial charge in [-0.1, -0.05) is 53.3 Å². The van der Waals surface area contributed by atoms with Gasteiger partial charge in [0.15, 0.2) is 4.96 Å². The molecule has 0 saturated carbocycles. The maximum absolute atomic E-state index is 12.9. The third-order valence-corrected chi connectivity index (χ3v) is 6.12. The van der Waals surface area contributed by atoms with E-state index in [1.54, 1.807) is 4.40 Å². The molecule has 5 aromatic rings. The van der Waals surface area contributed by atoms with Crippen LogP contribution in [0.25, 0.3) is 22.1 Å². The van der Waals surface area contributed by atoms with E-state index in [1.165, 1.54) is 16.9 Å². The quantitative estimate of drug-likeness (QED) is 0.345. The highest BCUT2D eigenvalue weighted by atomic mass is 32.1. The van der Waals surface area contributed by atoms with E-state index in [9.17, 15) is 4.79 Å². The molecule has 0 radical (unpaired) electrons. The Morgan fingerprint density at radius 2 is 1.72 bits per heavy atom. The lowest BCUT2D eigenvalue weighted by molar-refractivity contribution is 0.247. The second kappa shape index (κ2) is 8.85. The minimum absolute atomic E-state index is 0.0433. The zero-order valence-corrected chi connectivity index (χ0v) is 18.5. The molecular formula is C26H22N2O3S. The summed E-state index contributed by atoms with van der Waals surface area (Å²) in [4.78, 5) is 18.2. The first-order valence-electron chi connectivity index (χ1n) is 10.5. The van der Waals surface area contributed by atoms with E-state index >= 15 is 0 Å². The summed E-state index contributed by atoms with van der Waals surface area (Å²) in [7, 11) is 0. The number of thiazole rings is 1. The molecule has 0 aliphatic carbocycles. The predicted octanol–water partition coefficient (Wildman–Crippen LogP) is 4.61. The molecule has 5 rings (SSSR count). The van der Waals surface area contributed by atoms with E-state index in [4.69, 9.17) is 9.47 Å². The molecular weight excluding hydrogens is 420 g/mol. The molecule has 0 unspecified atom stereocenters. The molecule has 2 heterocycles. The fourth-order valence-corrected chi connectivity index (χ4v) is 4.52. The van der Waals surface area contributed by atoms with E-state index in [0.717, 1.165) is 34.5 Å². The minimum Gasteiger partial charge on any atom is -0.493 e. The Bertz CT molecular complexity index is 1490. The van der Waals surface area contributed by atoms with Gasteiger partial charge in [0.1, 0.15) is 11.5 Å². The zero-order chi connectivity index (χ0) is 21.9. The van der Waals surface area contributed by atoms with Crippen molar-refractivity contribution in [2.45, 2.75) is 13.3 Å². The first-order chi connectivity index (χ1) is 15.7. The SMILES string of the molecule is Cc1ccc(OCCCOc2cccc(C=c3sc4nc5ccccc5n4c3=O)c2)cc1. The Kier molecular flexibility index (Phi) is 5.60. The lowest BCUT2D eigenvalue weighted by atomic mass is 10.2. The van der Waals surface area contributed by atoms with Crippen LogP contribution in [-0.4, -0.2) is 22.6 Å². The summed E-state index contributed by atoms with van der Waals surface area (Å²) >= 11 is 1.40. The Balaban J connectivity index is 1.26. The number of nitrogens with zero attached hydrogens (tertiary/aromatic N) is 2. The molecule has 0 aliphatic heterocycles. The summed E-state index contributed by atoms with van der Waals surface area (Å²) in [6, 6.07) is 23.5. The largest absolute Gasteiger partial charge is 0.493 e. The summed E-state index contributed by atoms with van der Waals surface area (Å²) in [6.07, 6.45) is 2.67. The third-order valence-electron chi connectivity index (χ3n) is 5.15. The van der Waals surface area contributed by atoms with Crippen LogP contribution in [0.1, 0.15) is 17.5 Å². The molecule has 5 nitrogen and oxygen atoms in total. The van der Waals surface area contributed by atoms with Crippen LogP contribution < -0.4 is 19.6 Å². The lowest BCUT2D eigenvalue weighted by Gasteiger charge is -2.08. The fourth-order valence-electron chi connectivity index (χ4n) is 3.53. The number of aromatic nitrogens is 2. The van der Waals surface area contributed by atoms with Gasteiger partial charge in [0.2, 0.25) is 0 Å². The first-order valence-corrected chi connectivity index (χ1v) is 11.3. The van der Waals surface area contributed by atoms with Gasteiger partial charge in [0.05, 0.1) is 28.8 Å². The average molecular weight is 443 g/mol. The van der Waals surface area contributed by atoms with Gasteiger partial charge in [0, 0.05) is 6.42 Å². The summed E-state index contributed by atoms with van der Waals surface area (Å²) in [5, 5.41) is 0. The van der Waals surface area contributed by atoms with Crippen molar-refractivity contribution in [1.29, 1.82) is 0 Å². The van der Waals surface area contributed by atoms with E-state index in [-0.39, 0.29) is 5.56 Å². The second-order valence-corrected chi connectivity index (χ2v) is 8.58. The predicted molar refractivity (Wildman–Crippen MR) is 129 cm³/mol. The molecule has 32 heavy (non-hydrogen) atoms. The maximum Gasteiger partial charge on any atom is 0.274 e. The molecule has 160 valence electrons. The number of hydrogen-bond donors (Lipinski definition) is 0. The molecule has 0 bridgehead atoms. The second-order valence-electron chi connectivity index (χ2n) is 7.57. The minimum atomic E-state index is -0.0433. The van der Waals surface area contributed by atoms with Crippen molar-refractivity contribution in [1.82, 2.24) is 9.38 Å². The molecule has 3 aromatic carbocycles. The first kappa shape index (κ1) is 20.3. The van der Waals surface area contributed by atoms with E-state index in [0.29, 0.717) is 22.7 Å². The molecule has 0 atom stereocenters. The van der Waals surface area contributed by atoms with Crippen LogP contribution in [0.5, 0.6) is 11.5 Å². The normalized spacial score (nSPS) is 12.0. The van der Waals surface area contributed by atoms with Gasteiger partial charge in [-0.25, -0.2) is 9.38 Å². The number of rotatable bonds is 7. The van der Waals surface area contributed by atoms with Crippen LogP contribution in [0.2, 0.25) is 0 Å². The Morgan fingerprint density at radius 3 is 2.56 bits per heavy atom. The van der Waals surface area contributed by atoms with Crippen molar-refractivity contribution in [2.75, 3.05) is 13.2 Å². The molecule has 0 aliphatic rings. The fraction of sp³-hybridized carbons (Fsp3) is 0.154. The number of ether oxygens (including phenoxy) is 2. The van der Waals surface area contributed by atoms with Gasteiger partial charge in [-0.2, -0.15) is 0 Å². The highest BCUT2D eigenvalue weighted by Crippen LogP contribution is 2.17. The van der Waals surface area contributed by atoms with Crippen LogP contribution in [0.4, 0.5) is 0 Å². The molecule has 0 spiro atoms. The van der Waals surface area contributed by atoms with Crippen molar-refractivity contribution in [2.24, 2.45) is 0 Å². The maximum atomic E-state index is 12.9. The third kappa shape index (κ3) is 4.22. The van der Waals surface area contributed by atoms with Gasteiger partial charge in [0.25, 0.3) is 5.56 Å². The molecule has 0 fully saturated rings. The summed E-state index contributed by atoms with van der Waals surface area (Å²) in [5.74, 6) is 1.64. The van der Waals surface area contributed by atoms with Crippen molar-refractivity contribution in [3.05, 3.63) is 98.8 Å². The van der Waals surface area contributed by atoms with Crippen LogP contribution >= 0.6 is 11.3 Å². The highest BCUT2D eigenvalue weighted by Gasteiger charge is 2.10. The molecule has 6 heteroatoms. The van der Waals surface area contributed by atoms with Crippen LogP contribution in [0.15, 0.2) is 77.6 Å². The standard InChI is InChI=1S/C26H22N2O3S/c1-18-10-12-20(13-11-18)30-14-5-15-31-21-7-4-6-19(16-21)17-24-25(29)28-23-9-3-2-8-22(23)27-26(28)32-24/h2-4,6-13,16-17H,5,14-15H2,1H3. The summed E-state index contributed by atoms with van der Waals surface area (Å²) in [6.45, 7) is 3.21. The average Bonchev–Trinajstić information content (AvgIpc) is 3.31. The van der Waals surface area contributed by atoms with Crippen molar-refractivity contribution < 1.29 is 9.47 Å². The Morgan fingerprint density at radius 1 is 0.938 bits per heavy atom.